The first-order valence-corrected chi connectivity index (χ1v) is 10.3. The van der Waals surface area contributed by atoms with Gasteiger partial charge in [-0.1, -0.05) is 6.07 Å². The summed E-state index contributed by atoms with van der Waals surface area (Å²) in [5.74, 6) is 2.18. The molecule has 0 N–H and O–H groups in total. The smallest absolute Gasteiger partial charge is 0.140 e. The van der Waals surface area contributed by atoms with Gasteiger partial charge in [-0.3, -0.25) is 4.98 Å². The van der Waals surface area contributed by atoms with Crippen molar-refractivity contribution in [3.05, 3.63) is 77.1 Å². The fourth-order valence-electron chi connectivity index (χ4n) is 4.23. The Morgan fingerprint density at radius 1 is 1.03 bits per heavy atom. The lowest BCUT2D eigenvalue weighted by molar-refractivity contribution is 0.415. The van der Waals surface area contributed by atoms with Crippen molar-refractivity contribution < 1.29 is 9.13 Å². The van der Waals surface area contributed by atoms with Crippen molar-refractivity contribution in [1.29, 1.82) is 0 Å². The van der Waals surface area contributed by atoms with Crippen molar-refractivity contribution in [3.8, 4) is 16.9 Å². The molecule has 2 aromatic carbocycles. The van der Waals surface area contributed by atoms with Gasteiger partial charge < -0.3 is 9.64 Å². The molecule has 0 bridgehead atoms. The summed E-state index contributed by atoms with van der Waals surface area (Å²) in [6, 6.07) is 12.9. The lowest BCUT2D eigenvalue weighted by atomic mass is 9.97. The normalized spacial score (nSPS) is 13.4. The predicted octanol–water partition coefficient (Wildman–Crippen LogP) is 5.02. The third kappa shape index (κ3) is 3.58. The molecule has 5 rings (SSSR count). The van der Waals surface area contributed by atoms with Gasteiger partial charge in [0.2, 0.25) is 0 Å². The second-order valence-corrected chi connectivity index (χ2v) is 7.94. The molecule has 0 unspecified atom stereocenters. The highest BCUT2D eigenvalue weighted by Gasteiger charge is 2.22. The van der Waals surface area contributed by atoms with Crippen molar-refractivity contribution in [1.82, 2.24) is 15.0 Å². The SMILES string of the molecule is COc1ccc2nc(C)nc(N3CCc4ncc(-c5cc(F)ccc5C)cc4C3)c2c1. The minimum Gasteiger partial charge on any atom is -0.497 e. The number of aromatic nitrogens is 3. The highest BCUT2D eigenvalue weighted by atomic mass is 19.1. The van der Waals surface area contributed by atoms with Crippen molar-refractivity contribution in [3.63, 3.8) is 0 Å². The van der Waals surface area contributed by atoms with E-state index in [4.69, 9.17) is 14.7 Å². The van der Waals surface area contributed by atoms with Gasteiger partial charge in [-0.05, 0) is 66.9 Å². The molecule has 4 aromatic rings. The van der Waals surface area contributed by atoms with Crippen LogP contribution in [-0.4, -0.2) is 28.6 Å². The molecule has 156 valence electrons. The third-order valence-electron chi connectivity index (χ3n) is 5.84. The fraction of sp³-hybridized carbons (Fsp3) is 0.240. The second kappa shape index (κ2) is 7.61. The fourth-order valence-corrected chi connectivity index (χ4v) is 4.23. The Kier molecular flexibility index (Phi) is 4.77. The zero-order valence-corrected chi connectivity index (χ0v) is 17.8. The molecule has 31 heavy (non-hydrogen) atoms. The van der Waals surface area contributed by atoms with Crippen molar-refractivity contribution in [2.75, 3.05) is 18.6 Å². The Morgan fingerprint density at radius 2 is 1.90 bits per heavy atom. The van der Waals surface area contributed by atoms with E-state index in [0.717, 1.165) is 69.2 Å². The standard InChI is InChI=1S/C25H23FN4O/c1-15-4-5-19(26)11-21(15)17-10-18-14-30(9-8-23(18)27-13-17)25-22-12-20(31-3)6-7-24(22)28-16(2)29-25/h4-7,10-13H,8-9,14H2,1-3H3. The highest BCUT2D eigenvalue weighted by molar-refractivity contribution is 5.91. The summed E-state index contributed by atoms with van der Waals surface area (Å²) >= 11 is 0. The van der Waals surface area contributed by atoms with E-state index in [0.29, 0.717) is 6.54 Å². The van der Waals surface area contributed by atoms with E-state index in [1.807, 2.05) is 38.2 Å². The van der Waals surface area contributed by atoms with Gasteiger partial charge in [-0.2, -0.15) is 0 Å². The summed E-state index contributed by atoms with van der Waals surface area (Å²) in [6.45, 7) is 5.41. The molecule has 0 spiro atoms. The summed E-state index contributed by atoms with van der Waals surface area (Å²) < 4.78 is 19.3. The molecule has 6 heteroatoms. The molecule has 0 aliphatic carbocycles. The number of hydrogen-bond donors (Lipinski definition) is 0. The maximum atomic E-state index is 13.9. The highest BCUT2D eigenvalue weighted by Crippen LogP contribution is 2.32. The number of halogens is 1. The van der Waals surface area contributed by atoms with E-state index in [2.05, 4.69) is 16.0 Å². The molecular formula is C25H23FN4O. The maximum Gasteiger partial charge on any atom is 0.140 e. The molecule has 0 fully saturated rings. The van der Waals surface area contributed by atoms with Gasteiger partial charge in [0, 0.05) is 42.4 Å². The molecule has 1 aliphatic heterocycles. The van der Waals surface area contributed by atoms with Crippen LogP contribution < -0.4 is 9.64 Å². The number of nitrogens with zero attached hydrogens (tertiary/aromatic N) is 4. The number of methoxy groups -OCH3 is 1. The van der Waals surface area contributed by atoms with Crippen LogP contribution in [0.15, 0.2) is 48.7 Å². The van der Waals surface area contributed by atoms with Gasteiger partial charge in [0.15, 0.2) is 0 Å². The van der Waals surface area contributed by atoms with Crippen LogP contribution in [0.1, 0.15) is 22.6 Å². The van der Waals surface area contributed by atoms with Crippen LogP contribution >= 0.6 is 0 Å². The summed E-state index contributed by atoms with van der Waals surface area (Å²) in [4.78, 5) is 16.3. The van der Waals surface area contributed by atoms with Crippen LogP contribution in [-0.2, 0) is 13.0 Å². The van der Waals surface area contributed by atoms with Crippen LogP contribution in [0, 0.1) is 19.7 Å². The Bertz CT molecular complexity index is 1300. The topological polar surface area (TPSA) is 51.1 Å². The van der Waals surface area contributed by atoms with E-state index >= 15 is 0 Å². The van der Waals surface area contributed by atoms with Gasteiger partial charge in [-0.25, -0.2) is 14.4 Å². The number of fused-ring (bicyclic) bond motifs is 2. The largest absolute Gasteiger partial charge is 0.497 e. The van der Waals surface area contributed by atoms with Gasteiger partial charge in [0.1, 0.15) is 23.2 Å². The van der Waals surface area contributed by atoms with Gasteiger partial charge >= 0.3 is 0 Å². The van der Waals surface area contributed by atoms with Crippen LogP contribution in [0.4, 0.5) is 10.2 Å². The van der Waals surface area contributed by atoms with E-state index in [-0.39, 0.29) is 5.82 Å². The number of benzene rings is 2. The first kappa shape index (κ1) is 19.4. The van der Waals surface area contributed by atoms with Gasteiger partial charge in [0.25, 0.3) is 0 Å². The van der Waals surface area contributed by atoms with Crippen molar-refractivity contribution in [2.45, 2.75) is 26.8 Å². The van der Waals surface area contributed by atoms with Crippen LogP contribution in [0.5, 0.6) is 5.75 Å². The van der Waals surface area contributed by atoms with E-state index in [9.17, 15) is 4.39 Å². The van der Waals surface area contributed by atoms with Crippen molar-refractivity contribution >= 4 is 16.7 Å². The molecule has 0 saturated heterocycles. The first-order valence-electron chi connectivity index (χ1n) is 10.3. The average molecular weight is 414 g/mol. The number of anilines is 1. The summed E-state index contributed by atoms with van der Waals surface area (Å²) in [7, 11) is 1.66. The van der Waals surface area contributed by atoms with Crippen LogP contribution in [0.2, 0.25) is 0 Å². The minimum atomic E-state index is -0.239. The molecule has 2 aromatic heterocycles. The number of hydrogen-bond acceptors (Lipinski definition) is 5. The minimum absolute atomic E-state index is 0.239. The van der Waals surface area contributed by atoms with Crippen molar-refractivity contribution in [2.24, 2.45) is 0 Å². The van der Waals surface area contributed by atoms with Gasteiger partial charge in [0.05, 0.1) is 12.6 Å². The predicted molar refractivity (Wildman–Crippen MR) is 120 cm³/mol. The molecule has 3 heterocycles. The molecular weight excluding hydrogens is 391 g/mol. The molecule has 0 saturated carbocycles. The van der Waals surface area contributed by atoms with E-state index in [1.165, 1.54) is 6.07 Å². The summed E-state index contributed by atoms with van der Waals surface area (Å²) in [5, 5.41) is 0.971. The van der Waals surface area contributed by atoms with Gasteiger partial charge in [-0.15, -0.1) is 0 Å². The van der Waals surface area contributed by atoms with Crippen LogP contribution in [0.25, 0.3) is 22.0 Å². The molecule has 0 atom stereocenters. The lowest BCUT2D eigenvalue weighted by Crippen LogP contribution is -2.32. The second-order valence-electron chi connectivity index (χ2n) is 7.94. The van der Waals surface area contributed by atoms with Crippen LogP contribution in [0.3, 0.4) is 0 Å². The number of pyridine rings is 1. The number of rotatable bonds is 3. The monoisotopic (exact) mass is 414 g/mol. The zero-order chi connectivity index (χ0) is 21.5. The summed E-state index contributed by atoms with van der Waals surface area (Å²) in [5.41, 5.74) is 5.96. The average Bonchev–Trinajstić information content (AvgIpc) is 2.79. The summed E-state index contributed by atoms with van der Waals surface area (Å²) in [6.07, 6.45) is 2.68. The van der Waals surface area contributed by atoms with E-state index < -0.39 is 0 Å². The first-order chi connectivity index (χ1) is 15.0. The molecule has 0 amide bonds. The number of aryl methyl sites for hydroxylation is 2. The Labute approximate surface area is 180 Å². The molecule has 0 radical (unpaired) electrons. The molecule has 1 aliphatic rings. The Morgan fingerprint density at radius 3 is 2.74 bits per heavy atom. The zero-order valence-electron chi connectivity index (χ0n) is 17.8. The van der Waals surface area contributed by atoms with E-state index in [1.54, 1.807) is 19.2 Å². The molecule has 5 nitrogen and oxygen atoms in total. The number of ether oxygens (including phenoxy) is 1. The Balaban J connectivity index is 1.56. The lowest BCUT2D eigenvalue weighted by Gasteiger charge is -2.30. The third-order valence-corrected chi connectivity index (χ3v) is 5.84. The maximum absolute atomic E-state index is 13.9. The quantitative estimate of drug-likeness (QED) is 0.471. The Hall–Kier alpha value is -3.54.